The molecule has 1 fully saturated rings. The molecule has 0 unspecified atom stereocenters. The van der Waals surface area contributed by atoms with E-state index in [4.69, 9.17) is 9.31 Å². The first kappa shape index (κ1) is 15.6. The van der Waals surface area contributed by atoms with Crippen molar-refractivity contribution < 1.29 is 18.1 Å². The lowest BCUT2D eigenvalue weighted by atomic mass is 9.84. The Morgan fingerprint density at radius 3 is 2.27 bits per heavy atom. The molecule has 0 atom stereocenters. The first-order chi connectivity index (χ1) is 10.2. The van der Waals surface area contributed by atoms with Gasteiger partial charge in [-0.2, -0.15) is 0 Å². The van der Waals surface area contributed by atoms with Crippen LogP contribution in [0.1, 0.15) is 27.7 Å². The van der Waals surface area contributed by atoms with E-state index in [0.29, 0.717) is 11.3 Å². The molecule has 1 aliphatic heterocycles. The van der Waals surface area contributed by atoms with Crippen molar-refractivity contribution in [2.75, 3.05) is 0 Å². The molecule has 0 spiro atoms. The highest BCUT2D eigenvalue weighted by molar-refractivity contribution is 7.21. The molecular weight excluding hydrogens is 307 g/mol. The van der Waals surface area contributed by atoms with Gasteiger partial charge in [0.25, 0.3) is 0 Å². The number of rotatable bonds is 2. The van der Waals surface area contributed by atoms with Gasteiger partial charge >= 0.3 is 7.12 Å². The third-order valence-electron chi connectivity index (χ3n) is 4.26. The Bertz CT molecular complexity index is 701. The molecule has 7 heteroatoms. The van der Waals surface area contributed by atoms with Gasteiger partial charge in [-0.25, -0.2) is 13.8 Å². The molecule has 1 aromatic heterocycles. The van der Waals surface area contributed by atoms with Crippen LogP contribution in [0.2, 0.25) is 0 Å². The first-order valence-corrected chi connectivity index (χ1v) is 7.84. The number of hydrogen-bond acceptors (Lipinski definition) is 4. The lowest BCUT2D eigenvalue weighted by Gasteiger charge is -2.32. The Balaban J connectivity index is 1.98. The summed E-state index contributed by atoms with van der Waals surface area (Å²) in [6, 6.07) is 3.74. The van der Waals surface area contributed by atoms with Crippen molar-refractivity contribution in [2.45, 2.75) is 38.9 Å². The van der Waals surface area contributed by atoms with Crippen LogP contribution in [0.15, 0.2) is 23.7 Å². The molecule has 1 saturated heterocycles. The number of thiazole rings is 1. The maximum atomic E-state index is 13.5. The summed E-state index contributed by atoms with van der Waals surface area (Å²) < 4.78 is 39.3. The Morgan fingerprint density at radius 1 is 1.05 bits per heavy atom. The number of nitrogens with zero attached hydrogens (tertiary/aromatic N) is 1. The van der Waals surface area contributed by atoms with Gasteiger partial charge in [0.05, 0.1) is 27.2 Å². The molecule has 0 N–H and O–H groups in total. The van der Waals surface area contributed by atoms with E-state index in [-0.39, 0.29) is 0 Å². The predicted octanol–water partition coefficient (Wildman–Crippen LogP) is 3.39. The Hall–Kier alpha value is -1.31. The zero-order chi connectivity index (χ0) is 16.1. The molecular formula is C15H16BF2NO2S. The molecule has 1 aliphatic rings. The highest BCUT2D eigenvalue weighted by atomic mass is 32.1. The van der Waals surface area contributed by atoms with Crippen LogP contribution < -0.4 is 4.78 Å². The standard InChI is InChI=1S/C15H16BF2NO2S/c1-14(2)15(3,4)21-16(20-14)13-12(19-8-22-13)9-5-6-10(17)11(18)7-9/h5-8H,1-4H3. The lowest BCUT2D eigenvalue weighted by Crippen LogP contribution is -2.41. The van der Waals surface area contributed by atoms with Crippen molar-refractivity contribution in [3.63, 3.8) is 0 Å². The molecule has 3 rings (SSSR count). The number of hydrogen-bond donors (Lipinski definition) is 0. The van der Waals surface area contributed by atoms with Crippen molar-refractivity contribution >= 4 is 23.2 Å². The average molecular weight is 323 g/mol. The van der Waals surface area contributed by atoms with Gasteiger partial charge in [-0.05, 0) is 45.9 Å². The zero-order valence-electron chi connectivity index (χ0n) is 12.8. The third-order valence-corrected chi connectivity index (χ3v) is 5.11. The van der Waals surface area contributed by atoms with Crippen molar-refractivity contribution in [1.29, 1.82) is 0 Å². The van der Waals surface area contributed by atoms with Crippen LogP contribution >= 0.6 is 11.3 Å². The second kappa shape index (κ2) is 5.11. The summed E-state index contributed by atoms with van der Waals surface area (Å²) in [6.45, 7) is 7.85. The van der Waals surface area contributed by atoms with E-state index in [9.17, 15) is 8.78 Å². The van der Waals surface area contributed by atoms with Crippen molar-refractivity contribution in [3.05, 3.63) is 35.3 Å². The summed E-state index contributed by atoms with van der Waals surface area (Å²) in [6.07, 6.45) is 0. The van der Waals surface area contributed by atoms with Crippen molar-refractivity contribution in [2.24, 2.45) is 0 Å². The van der Waals surface area contributed by atoms with Crippen LogP contribution in [0.25, 0.3) is 11.3 Å². The molecule has 0 saturated carbocycles. The molecule has 22 heavy (non-hydrogen) atoms. The van der Waals surface area contributed by atoms with Gasteiger partial charge in [0.15, 0.2) is 11.6 Å². The molecule has 2 aromatic rings. The van der Waals surface area contributed by atoms with E-state index < -0.39 is 30.0 Å². The zero-order valence-corrected chi connectivity index (χ0v) is 13.6. The normalized spacial score (nSPS) is 19.6. The van der Waals surface area contributed by atoms with Crippen LogP contribution in [0, 0.1) is 11.6 Å². The number of aromatic nitrogens is 1. The van der Waals surface area contributed by atoms with Gasteiger partial charge in [-0.15, -0.1) is 11.3 Å². The van der Waals surface area contributed by atoms with E-state index in [2.05, 4.69) is 4.98 Å². The average Bonchev–Trinajstić information content (AvgIpc) is 2.96. The van der Waals surface area contributed by atoms with Gasteiger partial charge < -0.3 is 9.31 Å². The lowest BCUT2D eigenvalue weighted by molar-refractivity contribution is 0.00578. The summed E-state index contributed by atoms with van der Waals surface area (Å²) in [5.74, 6) is -1.78. The largest absolute Gasteiger partial charge is 0.507 e. The van der Waals surface area contributed by atoms with Gasteiger partial charge in [-0.3, -0.25) is 0 Å². The van der Waals surface area contributed by atoms with Gasteiger partial charge in [0, 0.05) is 5.56 Å². The highest BCUT2D eigenvalue weighted by Gasteiger charge is 2.53. The minimum Gasteiger partial charge on any atom is -0.399 e. The molecule has 1 aromatic carbocycles. The molecule has 116 valence electrons. The summed E-state index contributed by atoms with van der Waals surface area (Å²) in [5, 5.41) is 0. The first-order valence-electron chi connectivity index (χ1n) is 6.96. The van der Waals surface area contributed by atoms with Gasteiger partial charge in [0.1, 0.15) is 0 Å². The fourth-order valence-corrected chi connectivity index (χ4v) is 2.99. The van der Waals surface area contributed by atoms with E-state index in [1.165, 1.54) is 17.4 Å². The van der Waals surface area contributed by atoms with Crippen LogP contribution in [0.3, 0.4) is 0 Å². The summed E-state index contributed by atoms with van der Waals surface area (Å²) in [4.78, 5) is 4.27. The van der Waals surface area contributed by atoms with Crippen LogP contribution in [-0.2, 0) is 9.31 Å². The Kier molecular flexibility index (Phi) is 3.62. The summed E-state index contributed by atoms with van der Waals surface area (Å²) in [5.41, 5.74) is 1.78. The van der Waals surface area contributed by atoms with E-state index in [0.717, 1.165) is 16.9 Å². The Morgan fingerprint density at radius 2 is 1.68 bits per heavy atom. The maximum absolute atomic E-state index is 13.5. The van der Waals surface area contributed by atoms with Crippen LogP contribution in [0.5, 0.6) is 0 Å². The predicted molar refractivity (Wildman–Crippen MR) is 83.2 cm³/mol. The van der Waals surface area contributed by atoms with E-state index in [1.807, 2.05) is 27.7 Å². The summed E-state index contributed by atoms with van der Waals surface area (Å²) >= 11 is 1.38. The second-order valence-electron chi connectivity index (χ2n) is 6.28. The molecule has 0 aliphatic carbocycles. The van der Waals surface area contributed by atoms with Crippen molar-refractivity contribution in [1.82, 2.24) is 4.98 Å². The minimum atomic E-state index is -0.898. The highest BCUT2D eigenvalue weighted by Crippen LogP contribution is 2.37. The second-order valence-corrected chi connectivity index (χ2v) is 7.17. The SMILES string of the molecule is CC1(C)OB(c2scnc2-c2ccc(F)c(F)c2)OC1(C)C. The fraction of sp³-hybridized carbons (Fsp3) is 0.400. The monoisotopic (exact) mass is 323 g/mol. The topological polar surface area (TPSA) is 31.4 Å². The van der Waals surface area contributed by atoms with Crippen LogP contribution in [0.4, 0.5) is 8.78 Å². The van der Waals surface area contributed by atoms with Gasteiger partial charge in [-0.1, -0.05) is 0 Å². The third kappa shape index (κ3) is 2.47. The number of benzene rings is 1. The van der Waals surface area contributed by atoms with Crippen LogP contribution in [-0.4, -0.2) is 23.3 Å². The van der Waals surface area contributed by atoms with E-state index >= 15 is 0 Å². The molecule has 3 nitrogen and oxygen atoms in total. The van der Waals surface area contributed by atoms with Gasteiger partial charge in [0.2, 0.25) is 0 Å². The maximum Gasteiger partial charge on any atom is 0.507 e. The fourth-order valence-electron chi connectivity index (χ4n) is 2.23. The molecule has 0 radical (unpaired) electrons. The minimum absolute atomic E-state index is 0.465. The van der Waals surface area contributed by atoms with E-state index in [1.54, 1.807) is 5.51 Å². The molecule has 0 bridgehead atoms. The summed E-state index contributed by atoms with van der Waals surface area (Å²) in [7, 11) is -0.569. The number of halogens is 2. The quantitative estimate of drug-likeness (QED) is 0.794. The molecule has 0 amide bonds. The molecule has 2 heterocycles. The smallest absolute Gasteiger partial charge is 0.399 e. The Labute approximate surface area is 132 Å². The van der Waals surface area contributed by atoms with Crippen molar-refractivity contribution in [3.8, 4) is 11.3 Å².